The van der Waals surface area contributed by atoms with E-state index in [2.05, 4.69) is 15.8 Å². The summed E-state index contributed by atoms with van der Waals surface area (Å²) >= 11 is 6.22. The monoisotopic (exact) mass is 444 g/mol. The van der Waals surface area contributed by atoms with Crippen molar-refractivity contribution in [1.82, 2.24) is 10.2 Å². The highest BCUT2D eigenvalue weighted by Gasteiger charge is 2.24. The number of nitrogens with one attached hydrogen (secondary N) is 2. The van der Waals surface area contributed by atoms with Gasteiger partial charge in [0.2, 0.25) is 0 Å². The van der Waals surface area contributed by atoms with Gasteiger partial charge in [-0.3, -0.25) is 4.79 Å². The maximum absolute atomic E-state index is 12.7. The van der Waals surface area contributed by atoms with Crippen molar-refractivity contribution in [3.8, 4) is 0 Å². The van der Waals surface area contributed by atoms with Gasteiger partial charge in [0, 0.05) is 18.8 Å². The first kappa shape index (κ1) is 24.3. The van der Waals surface area contributed by atoms with E-state index in [9.17, 15) is 14.5 Å². The quantitative estimate of drug-likeness (QED) is 0.511. The topological polar surface area (TPSA) is 90.9 Å². The van der Waals surface area contributed by atoms with E-state index in [0.717, 1.165) is 11.1 Å². The molecule has 0 heterocycles. The molecule has 7 nitrogen and oxygen atoms in total. The standard InChI is InChI=1S/C23H29ClN4O3/c1-6-28(7-2)21(29)19-14-18(11-12-20(19)24)25-22(30)26-23(4,5)17-10-8-9-16(13-17)15(3)27-31/h8-15H,6-7H2,1-5H3,(H2,25,26,30). The molecule has 0 bridgehead atoms. The van der Waals surface area contributed by atoms with E-state index in [1.165, 1.54) is 0 Å². The van der Waals surface area contributed by atoms with Gasteiger partial charge in [0.15, 0.2) is 0 Å². The zero-order valence-electron chi connectivity index (χ0n) is 18.5. The van der Waals surface area contributed by atoms with Crippen LogP contribution in [0.1, 0.15) is 62.1 Å². The molecule has 8 heteroatoms. The van der Waals surface area contributed by atoms with Crippen molar-refractivity contribution in [2.45, 2.75) is 46.2 Å². The lowest BCUT2D eigenvalue weighted by Gasteiger charge is -2.28. The van der Waals surface area contributed by atoms with Gasteiger partial charge < -0.3 is 15.5 Å². The van der Waals surface area contributed by atoms with Crippen molar-refractivity contribution in [3.05, 3.63) is 69.1 Å². The number of hydrogen-bond donors (Lipinski definition) is 2. The molecular formula is C23H29ClN4O3. The second-order valence-corrected chi connectivity index (χ2v) is 8.19. The Hall–Kier alpha value is -2.93. The highest BCUT2D eigenvalue weighted by molar-refractivity contribution is 6.34. The number of carbonyl (C=O) groups is 2. The van der Waals surface area contributed by atoms with E-state index >= 15 is 0 Å². The maximum atomic E-state index is 12.7. The number of benzene rings is 2. The number of nitroso groups, excluding NO2 is 1. The number of rotatable bonds is 8. The third kappa shape index (κ3) is 6.04. The first-order chi connectivity index (χ1) is 14.6. The normalized spacial score (nSPS) is 12.1. The maximum Gasteiger partial charge on any atom is 0.319 e. The van der Waals surface area contributed by atoms with Crippen molar-refractivity contribution < 1.29 is 9.59 Å². The van der Waals surface area contributed by atoms with Crippen molar-refractivity contribution >= 4 is 29.2 Å². The third-order valence-electron chi connectivity index (χ3n) is 5.18. The van der Waals surface area contributed by atoms with E-state index in [0.29, 0.717) is 29.4 Å². The van der Waals surface area contributed by atoms with Crippen molar-refractivity contribution in [2.75, 3.05) is 18.4 Å². The van der Waals surface area contributed by atoms with E-state index in [1.807, 2.05) is 52.0 Å². The predicted molar refractivity (Wildman–Crippen MR) is 125 cm³/mol. The van der Waals surface area contributed by atoms with Crippen LogP contribution in [-0.2, 0) is 5.54 Å². The molecule has 2 aromatic rings. The summed E-state index contributed by atoms with van der Waals surface area (Å²) in [4.78, 5) is 37.9. The van der Waals surface area contributed by atoms with Crippen LogP contribution in [0, 0.1) is 4.91 Å². The number of nitrogens with zero attached hydrogens (tertiary/aromatic N) is 2. The molecule has 3 amide bonds. The lowest BCUT2D eigenvalue weighted by atomic mass is 9.92. The Morgan fingerprint density at radius 2 is 1.81 bits per heavy atom. The third-order valence-corrected chi connectivity index (χ3v) is 5.51. The van der Waals surface area contributed by atoms with Gasteiger partial charge in [-0.05, 0) is 63.9 Å². The number of carbonyl (C=O) groups excluding carboxylic acids is 2. The van der Waals surface area contributed by atoms with Crippen LogP contribution >= 0.6 is 11.6 Å². The van der Waals surface area contributed by atoms with Gasteiger partial charge >= 0.3 is 6.03 Å². The minimum Gasteiger partial charge on any atom is -0.339 e. The van der Waals surface area contributed by atoms with Crippen LogP contribution in [0.2, 0.25) is 5.02 Å². The summed E-state index contributed by atoms with van der Waals surface area (Å²) in [7, 11) is 0. The molecule has 0 spiro atoms. The van der Waals surface area contributed by atoms with Crippen molar-refractivity contribution in [3.63, 3.8) is 0 Å². The average Bonchev–Trinajstić information content (AvgIpc) is 2.75. The summed E-state index contributed by atoms with van der Waals surface area (Å²) in [5.41, 5.74) is 1.70. The molecule has 0 aliphatic carbocycles. The Balaban J connectivity index is 2.18. The molecule has 0 aliphatic heterocycles. The van der Waals surface area contributed by atoms with Crippen LogP contribution in [0.4, 0.5) is 10.5 Å². The van der Waals surface area contributed by atoms with Gasteiger partial charge in [0.05, 0.1) is 16.1 Å². The van der Waals surface area contributed by atoms with Crippen LogP contribution < -0.4 is 10.6 Å². The lowest BCUT2D eigenvalue weighted by molar-refractivity contribution is 0.0773. The molecular weight excluding hydrogens is 416 g/mol. The Morgan fingerprint density at radius 1 is 1.13 bits per heavy atom. The molecule has 0 aromatic heterocycles. The SMILES string of the molecule is CCN(CC)C(=O)c1cc(NC(=O)NC(C)(C)c2cccc(C(C)N=O)c2)ccc1Cl. The summed E-state index contributed by atoms with van der Waals surface area (Å²) in [6, 6.07) is 11.3. The molecule has 2 N–H and O–H groups in total. The molecule has 0 radical (unpaired) electrons. The van der Waals surface area contributed by atoms with Crippen LogP contribution in [0.15, 0.2) is 47.6 Å². The van der Waals surface area contributed by atoms with Gasteiger partial charge in [0.1, 0.15) is 6.04 Å². The fraction of sp³-hybridized carbons (Fsp3) is 0.391. The Bertz CT molecular complexity index is 958. The molecule has 0 saturated carbocycles. The minimum atomic E-state index is -0.713. The van der Waals surface area contributed by atoms with Gasteiger partial charge in [-0.25, -0.2) is 4.79 Å². The fourth-order valence-electron chi connectivity index (χ4n) is 3.21. The summed E-state index contributed by atoms with van der Waals surface area (Å²) < 4.78 is 0. The zero-order chi connectivity index (χ0) is 23.2. The molecule has 31 heavy (non-hydrogen) atoms. The van der Waals surface area contributed by atoms with Crippen molar-refractivity contribution in [2.24, 2.45) is 5.18 Å². The van der Waals surface area contributed by atoms with E-state index in [-0.39, 0.29) is 5.91 Å². The van der Waals surface area contributed by atoms with Crippen LogP contribution in [0.25, 0.3) is 0 Å². The molecule has 0 fully saturated rings. The van der Waals surface area contributed by atoms with Gasteiger partial charge in [0.25, 0.3) is 5.91 Å². The van der Waals surface area contributed by atoms with E-state index in [1.54, 1.807) is 30.0 Å². The molecule has 1 unspecified atom stereocenters. The molecule has 2 aromatic carbocycles. The van der Waals surface area contributed by atoms with Gasteiger partial charge in [-0.15, -0.1) is 0 Å². The van der Waals surface area contributed by atoms with Crippen molar-refractivity contribution in [1.29, 1.82) is 0 Å². The second-order valence-electron chi connectivity index (χ2n) is 7.78. The Labute approximate surface area is 188 Å². The number of amides is 3. The summed E-state index contributed by atoms with van der Waals surface area (Å²) in [6.45, 7) is 10.4. The fourth-order valence-corrected chi connectivity index (χ4v) is 3.41. The number of urea groups is 1. The van der Waals surface area contributed by atoms with Crippen LogP contribution in [-0.4, -0.2) is 29.9 Å². The van der Waals surface area contributed by atoms with Gasteiger partial charge in [-0.2, -0.15) is 4.91 Å². The number of hydrogen-bond acceptors (Lipinski definition) is 4. The first-order valence-electron chi connectivity index (χ1n) is 10.2. The average molecular weight is 445 g/mol. The van der Waals surface area contributed by atoms with E-state index in [4.69, 9.17) is 11.6 Å². The number of halogens is 1. The Morgan fingerprint density at radius 3 is 2.42 bits per heavy atom. The molecule has 166 valence electrons. The molecule has 1 atom stereocenters. The largest absolute Gasteiger partial charge is 0.339 e. The highest BCUT2D eigenvalue weighted by atomic mass is 35.5. The van der Waals surface area contributed by atoms with E-state index < -0.39 is 17.6 Å². The second kappa shape index (κ2) is 10.4. The molecule has 0 aliphatic rings. The Kier molecular flexibility index (Phi) is 8.16. The van der Waals surface area contributed by atoms with Crippen LogP contribution in [0.3, 0.4) is 0 Å². The number of anilines is 1. The molecule has 0 saturated heterocycles. The van der Waals surface area contributed by atoms with Gasteiger partial charge in [-0.1, -0.05) is 41.0 Å². The highest BCUT2D eigenvalue weighted by Crippen LogP contribution is 2.26. The lowest BCUT2D eigenvalue weighted by Crippen LogP contribution is -2.43. The first-order valence-corrected chi connectivity index (χ1v) is 10.6. The zero-order valence-corrected chi connectivity index (χ0v) is 19.3. The summed E-state index contributed by atoms with van der Waals surface area (Å²) in [5.74, 6) is -0.186. The predicted octanol–water partition coefficient (Wildman–Crippen LogP) is 5.71. The molecule has 2 rings (SSSR count). The summed E-state index contributed by atoms with van der Waals surface area (Å²) in [5, 5.41) is 9.09. The smallest absolute Gasteiger partial charge is 0.319 e. The minimum absolute atomic E-state index is 0.186. The van der Waals surface area contributed by atoms with Crippen LogP contribution in [0.5, 0.6) is 0 Å². The summed E-state index contributed by atoms with van der Waals surface area (Å²) in [6.07, 6.45) is 0.